The zero-order valence-corrected chi connectivity index (χ0v) is 23.2. The van der Waals surface area contributed by atoms with Crippen LogP contribution in [0.4, 0.5) is 11.4 Å². The first-order valence-corrected chi connectivity index (χ1v) is 14.1. The zero-order chi connectivity index (χ0) is 26.5. The third-order valence-corrected chi connectivity index (χ3v) is 7.07. The molecule has 3 saturated heterocycles. The molecule has 0 aliphatic carbocycles. The summed E-state index contributed by atoms with van der Waals surface area (Å²) in [5.74, 6) is 3.40. The molecule has 0 aromatic heterocycles. The van der Waals surface area contributed by atoms with Crippen LogP contribution in [0.25, 0.3) is 0 Å². The first-order valence-electron chi connectivity index (χ1n) is 14.1. The minimum Gasteiger partial charge on any atom is -0.491 e. The predicted octanol–water partition coefficient (Wildman–Crippen LogP) is 4.92. The van der Waals surface area contributed by atoms with Gasteiger partial charge in [-0.3, -0.25) is 0 Å². The van der Waals surface area contributed by atoms with Crippen molar-refractivity contribution in [3.05, 3.63) is 36.4 Å². The van der Waals surface area contributed by atoms with E-state index in [9.17, 15) is 0 Å². The van der Waals surface area contributed by atoms with Crippen LogP contribution in [-0.2, 0) is 9.47 Å². The van der Waals surface area contributed by atoms with E-state index in [1.54, 1.807) is 0 Å². The summed E-state index contributed by atoms with van der Waals surface area (Å²) in [5, 5.41) is 0. The number of piperazine rings is 1. The van der Waals surface area contributed by atoms with E-state index >= 15 is 0 Å². The molecule has 4 atom stereocenters. The molecular formula is C30H42N2O6. The molecule has 3 fully saturated rings. The number of rotatable bonds is 14. The number of nitrogens with zero attached hydrogens (tertiary/aromatic N) is 2. The van der Waals surface area contributed by atoms with Crippen LogP contribution in [0.2, 0.25) is 0 Å². The topological polar surface area (TPSA) is 68.5 Å². The summed E-state index contributed by atoms with van der Waals surface area (Å²) in [7, 11) is 0. The maximum absolute atomic E-state index is 6.21. The third kappa shape index (κ3) is 6.77. The second-order valence-corrected chi connectivity index (χ2v) is 10.5. The van der Waals surface area contributed by atoms with E-state index in [0.717, 1.165) is 73.5 Å². The van der Waals surface area contributed by atoms with Gasteiger partial charge in [0.15, 0.2) is 0 Å². The molecule has 0 spiro atoms. The zero-order valence-electron chi connectivity index (χ0n) is 23.2. The maximum atomic E-state index is 6.21. The van der Waals surface area contributed by atoms with Crippen molar-refractivity contribution in [2.24, 2.45) is 0 Å². The molecule has 8 nitrogen and oxygen atoms in total. The Morgan fingerprint density at radius 2 is 1.11 bits per heavy atom. The highest BCUT2D eigenvalue weighted by Crippen LogP contribution is 2.39. The Hall–Kier alpha value is -2.84. The van der Waals surface area contributed by atoms with Crippen molar-refractivity contribution in [1.29, 1.82) is 0 Å². The van der Waals surface area contributed by atoms with E-state index in [-0.39, 0.29) is 24.3 Å². The van der Waals surface area contributed by atoms with Gasteiger partial charge in [0.25, 0.3) is 0 Å². The molecular weight excluding hydrogens is 484 g/mol. The number of anilines is 2. The summed E-state index contributed by atoms with van der Waals surface area (Å²) in [6, 6.07) is 13.0. The standard InChI is InChI=1S/C30H42N2O6/c1-5-11-33-29-13-23(35-17-25-19-37-25)7-9-27(29)31-15-22(4)32(16-21(31)3)28-10-8-24(36-18-26-20-38-26)14-30(28)34-12-6-2/h7-10,13-14,21-22,25-26H,5-6,11-12,15-20H2,1-4H3. The SMILES string of the molecule is CCCOc1cc(OCC2CO2)ccc1N1CC(C)N(c2ccc(OCC3CO3)cc2OCCC)CC1C. The van der Waals surface area contributed by atoms with Gasteiger partial charge in [0, 0.05) is 37.3 Å². The Bertz CT molecular complexity index is 974. The lowest BCUT2D eigenvalue weighted by Gasteiger charge is -2.47. The summed E-state index contributed by atoms with van der Waals surface area (Å²) in [5.41, 5.74) is 2.22. The molecule has 0 amide bonds. The van der Waals surface area contributed by atoms with Gasteiger partial charge in [-0.05, 0) is 51.0 Å². The smallest absolute Gasteiger partial charge is 0.146 e. The van der Waals surface area contributed by atoms with E-state index in [0.29, 0.717) is 26.4 Å². The van der Waals surface area contributed by atoms with Crippen LogP contribution in [0.3, 0.4) is 0 Å². The van der Waals surface area contributed by atoms with Crippen LogP contribution in [0.1, 0.15) is 40.5 Å². The lowest BCUT2D eigenvalue weighted by atomic mass is 10.0. The molecule has 0 bridgehead atoms. The van der Waals surface area contributed by atoms with Crippen LogP contribution < -0.4 is 28.7 Å². The number of hydrogen-bond donors (Lipinski definition) is 0. The second kappa shape index (κ2) is 12.3. The maximum Gasteiger partial charge on any atom is 0.146 e. The third-order valence-electron chi connectivity index (χ3n) is 7.07. The molecule has 2 aromatic rings. The molecule has 0 radical (unpaired) electrons. The number of ether oxygens (including phenoxy) is 6. The van der Waals surface area contributed by atoms with Gasteiger partial charge < -0.3 is 38.2 Å². The summed E-state index contributed by atoms with van der Waals surface area (Å²) in [4.78, 5) is 4.92. The highest BCUT2D eigenvalue weighted by Gasteiger charge is 2.33. The van der Waals surface area contributed by atoms with E-state index in [1.165, 1.54) is 0 Å². The lowest BCUT2D eigenvalue weighted by Crippen LogP contribution is -2.57. The number of epoxide rings is 2. The van der Waals surface area contributed by atoms with Crippen molar-refractivity contribution in [2.75, 3.05) is 62.5 Å². The van der Waals surface area contributed by atoms with Crippen molar-refractivity contribution in [3.8, 4) is 23.0 Å². The number of hydrogen-bond acceptors (Lipinski definition) is 8. The molecule has 3 aliphatic rings. The highest BCUT2D eigenvalue weighted by atomic mass is 16.6. The molecule has 0 N–H and O–H groups in total. The lowest BCUT2D eigenvalue weighted by molar-refractivity contribution is 0.260. The molecule has 0 saturated carbocycles. The van der Waals surface area contributed by atoms with Gasteiger partial charge in [-0.2, -0.15) is 0 Å². The Morgan fingerprint density at radius 3 is 1.47 bits per heavy atom. The van der Waals surface area contributed by atoms with Crippen LogP contribution in [0.5, 0.6) is 23.0 Å². The predicted molar refractivity (Wildman–Crippen MR) is 149 cm³/mol. The van der Waals surface area contributed by atoms with E-state index in [2.05, 4.69) is 49.6 Å². The van der Waals surface area contributed by atoms with E-state index in [4.69, 9.17) is 28.4 Å². The van der Waals surface area contributed by atoms with Gasteiger partial charge in [0.1, 0.15) is 48.4 Å². The Kier molecular flexibility index (Phi) is 8.69. The fourth-order valence-electron chi connectivity index (χ4n) is 4.80. The van der Waals surface area contributed by atoms with Gasteiger partial charge in [0.2, 0.25) is 0 Å². The van der Waals surface area contributed by atoms with Crippen LogP contribution in [0, 0.1) is 0 Å². The quantitative estimate of drug-likeness (QED) is 0.321. The average Bonchev–Trinajstić information content (AvgIpc) is 3.85. The van der Waals surface area contributed by atoms with Crippen molar-refractivity contribution in [2.45, 2.75) is 64.8 Å². The largest absolute Gasteiger partial charge is 0.491 e. The average molecular weight is 527 g/mol. The van der Waals surface area contributed by atoms with Gasteiger partial charge in [-0.15, -0.1) is 0 Å². The summed E-state index contributed by atoms with van der Waals surface area (Å²) in [6.45, 7) is 14.6. The normalized spacial score (nSPS) is 24.2. The van der Waals surface area contributed by atoms with Gasteiger partial charge in [0.05, 0.1) is 37.8 Å². The minimum absolute atomic E-state index is 0.225. The molecule has 2 aromatic carbocycles. The Labute approximate surface area is 226 Å². The van der Waals surface area contributed by atoms with Crippen molar-refractivity contribution in [3.63, 3.8) is 0 Å². The van der Waals surface area contributed by atoms with Gasteiger partial charge in [-0.25, -0.2) is 0 Å². The molecule has 3 heterocycles. The fraction of sp³-hybridized carbons (Fsp3) is 0.600. The van der Waals surface area contributed by atoms with Crippen molar-refractivity contribution >= 4 is 11.4 Å². The van der Waals surface area contributed by atoms with Gasteiger partial charge >= 0.3 is 0 Å². The summed E-state index contributed by atoms with van der Waals surface area (Å²) in [6.07, 6.45) is 2.35. The first kappa shape index (κ1) is 26.8. The highest BCUT2D eigenvalue weighted by molar-refractivity contribution is 5.66. The Morgan fingerprint density at radius 1 is 0.684 bits per heavy atom. The Balaban J connectivity index is 1.32. The number of benzene rings is 2. The fourth-order valence-corrected chi connectivity index (χ4v) is 4.80. The summed E-state index contributed by atoms with van der Waals surface area (Å²) >= 11 is 0. The van der Waals surface area contributed by atoms with Crippen LogP contribution in [-0.4, -0.2) is 77.0 Å². The van der Waals surface area contributed by atoms with Crippen LogP contribution in [0.15, 0.2) is 36.4 Å². The van der Waals surface area contributed by atoms with E-state index < -0.39 is 0 Å². The molecule has 8 heteroatoms. The molecule has 208 valence electrons. The van der Waals surface area contributed by atoms with Crippen LogP contribution >= 0.6 is 0 Å². The molecule has 5 rings (SSSR count). The second-order valence-electron chi connectivity index (χ2n) is 10.5. The first-order chi connectivity index (χ1) is 18.6. The summed E-state index contributed by atoms with van der Waals surface area (Å²) < 4.78 is 34.9. The molecule has 3 aliphatic heterocycles. The monoisotopic (exact) mass is 526 g/mol. The molecule has 38 heavy (non-hydrogen) atoms. The molecule has 4 unspecified atom stereocenters. The van der Waals surface area contributed by atoms with E-state index in [1.807, 2.05) is 24.3 Å². The van der Waals surface area contributed by atoms with Gasteiger partial charge in [-0.1, -0.05) is 13.8 Å². The minimum atomic E-state index is 0.225. The van der Waals surface area contributed by atoms with Crippen molar-refractivity contribution < 1.29 is 28.4 Å². The van der Waals surface area contributed by atoms with Crippen molar-refractivity contribution in [1.82, 2.24) is 0 Å².